The molecule has 0 atom stereocenters. The minimum Gasteiger partial charge on any atom is -0.318 e. The number of anilines is 1. The minimum absolute atomic E-state index is 0.0219. The van der Waals surface area contributed by atoms with Crippen molar-refractivity contribution >= 4 is 39.1 Å². The van der Waals surface area contributed by atoms with Gasteiger partial charge in [-0.2, -0.15) is 13.2 Å². The van der Waals surface area contributed by atoms with E-state index in [0.717, 1.165) is 0 Å². The molecule has 0 saturated heterocycles. The Morgan fingerprint density at radius 1 is 1.40 bits per heavy atom. The molecule has 0 fully saturated rings. The summed E-state index contributed by atoms with van der Waals surface area (Å²) in [6.45, 7) is 0. The molecule has 0 saturated carbocycles. The van der Waals surface area contributed by atoms with Crippen molar-refractivity contribution in [2.24, 2.45) is 0 Å². The minimum atomic E-state index is -4.90. The summed E-state index contributed by atoms with van der Waals surface area (Å²) in [7, 11) is 0. The Balaban J connectivity index is 2.83. The van der Waals surface area contributed by atoms with E-state index in [1.54, 1.807) is 5.32 Å². The van der Waals surface area contributed by atoms with Gasteiger partial charge in [-0.25, -0.2) is 0 Å². The van der Waals surface area contributed by atoms with Crippen LogP contribution in [0.1, 0.15) is 0 Å². The zero-order valence-electron chi connectivity index (χ0n) is 7.03. The number of carbonyl (C=O) groups is 1. The van der Waals surface area contributed by atoms with Gasteiger partial charge in [0.05, 0.1) is 5.02 Å². The lowest BCUT2D eigenvalue weighted by molar-refractivity contribution is -0.167. The van der Waals surface area contributed by atoms with Gasteiger partial charge >= 0.3 is 12.1 Å². The average molecular weight is 302 g/mol. The fourth-order valence-electron chi connectivity index (χ4n) is 0.776. The predicted octanol–water partition coefficient (Wildman–Crippen LogP) is 3.60. The predicted molar refractivity (Wildman–Crippen MR) is 53.8 cm³/mol. The van der Waals surface area contributed by atoms with Crippen molar-refractivity contribution in [1.29, 1.82) is 0 Å². The third-order valence-electron chi connectivity index (χ3n) is 1.43. The summed E-state index contributed by atoms with van der Waals surface area (Å²) in [5.74, 6) is -2.02. The Morgan fingerprint density at radius 3 is 2.47 bits per heavy atom. The van der Waals surface area contributed by atoms with Gasteiger partial charge in [0, 0.05) is 10.2 Å². The van der Waals surface area contributed by atoms with Gasteiger partial charge in [0.25, 0.3) is 0 Å². The molecule has 1 aromatic carbocycles. The molecule has 7 heteroatoms. The first-order chi connectivity index (χ1) is 6.80. The molecule has 0 aliphatic heterocycles. The van der Waals surface area contributed by atoms with E-state index in [1.807, 2.05) is 0 Å². The van der Waals surface area contributed by atoms with E-state index in [9.17, 15) is 18.0 Å². The second-order valence-electron chi connectivity index (χ2n) is 2.58. The van der Waals surface area contributed by atoms with E-state index >= 15 is 0 Å². The number of nitrogens with one attached hydrogen (secondary N) is 1. The van der Waals surface area contributed by atoms with Gasteiger partial charge in [0.15, 0.2) is 0 Å². The van der Waals surface area contributed by atoms with E-state index < -0.39 is 12.1 Å². The molecule has 0 aliphatic carbocycles. The number of benzene rings is 1. The molecule has 0 aromatic heterocycles. The fraction of sp³-hybridized carbons (Fsp3) is 0.125. The van der Waals surface area contributed by atoms with Crippen LogP contribution in [0.25, 0.3) is 0 Å². The van der Waals surface area contributed by atoms with E-state index in [1.165, 1.54) is 18.2 Å². The SMILES string of the molecule is O=C(Nc1ccc(Cl)c(Br)c1)C(F)(F)F. The van der Waals surface area contributed by atoms with Gasteiger partial charge in [-0.3, -0.25) is 4.79 Å². The highest BCUT2D eigenvalue weighted by Gasteiger charge is 2.38. The van der Waals surface area contributed by atoms with Crippen molar-refractivity contribution in [2.75, 3.05) is 5.32 Å². The highest BCUT2D eigenvalue weighted by Crippen LogP contribution is 2.26. The summed E-state index contributed by atoms with van der Waals surface area (Å²) in [6, 6.07) is 3.93. The zero-order valence-corrected chi connectivity index (χ0v) is 9.37. The van der Waals surface area contributed by atoms with Gasteiger partial charge in [0.2, 0.25) is 0 Å². The Morgan fingerprint density at radius 2 is 2.00 bits per heavy atom. The molecule has 1 N–H and O–H groups in total. The molecular formula is C8H4BrClF3NO. The lowest BCUT2D eigenvalue weighted by atomic mass is 10.3. The summed E-state index contributed by atoms with van der Waals surface area (Å²) < 4.78 is 36.0. The Kier molecular flexibility index (Phi) is 3.62. The Labute approximate surface area is 96.5 Å². The number of hydrogen-bond acceptors (Lipinski definition) is 1. The van der Waals surface area contributed by atoms with Gasteiger partial charge in [0.1, 0.15) is 0 Å². The second-order valence-corrected chi connectivity index (χ2v) is 3.84. The van der Waals surface area contributed by atoms with E-state index in [0.29, 0.717) is 9.50 Å². The van der Waals surface area contributed by atoms with Crippen molar-refractivity contribution in [2.45, 2.75) is 6.18 Å². The van der Waals surface area contributed by atoms with Crippen LogP contribution < -0.4 is 5.32 Å². The lowest BCUT2D eigenvalue weighted by Crippen LogP contribution is -2.29. The van der Waals surface area contributed by atoms with Crippen LogP contribution >= 0.6 is 27.5 Å². The quantitative estimate of drug-likeness (QED) is 0.843. The molecule has 0 radical (unpaired) electrons. The molecule has 15 heavy (non-hydrogen) atoms. The molecule has 2 nitrogen and oxygen atoms in total. The summed E-state index contributed by atoms with van der Waals surface area (Å²) >= 11 is 8.65. The maximum atomic E-state index is 11.9. The molecule has 1 aromatic rings. The molecule has 0 aliphatic rings. The van der Waals surface area contributed by atoms with Crippen LogP contribution in [-0.2, 0) is 4.79 Å². The topological polar surface area (TPSA) is 29.1 Å². The molecule has 0 bridgehead atoms. The van der Waals surface area contributed by atoms with E-state index in [-0.39, 0.29) is 5.69 Å². The first-order valence-electron chi connectivity index (χ1n) is 3.64. The molecule has 0 heterocycles. The number of carbonyl (C=O) groups excluding carboxylic acids is 1. The number of amides is 1. The van der Waals surface area contributed by atoms with Crippen LogP contribution in [0, 0.1) is 0 Å². The first kappa shape index (κ1) is 12.3. The van der Waals surface area contributed by atoms with Crippen molar-refractivity contribution in [3.63, 3.8) is 0 Å². The first-order valence-corrected chi connectivity index (χ1v) is 4.81. The molecule has 82 valence electrons. The normalized spacial score (nSPS) is 11.3. The van der Waals surface area contributed by atoms with Crippen LogP contribution in [-0.4, -0.2) is 12.1 Å². The molecule has 0 spiro atoms. The largest absolute Gasteiger partial charge is 0.471 e. The van der Waals surface area contributed by atoms with Crippen molar-refractivity contribution in [3.05, 3.63) is 27.7 Å². The highest BCUT2D eigenvalue weighted by molar-refractivity contribution is 9.10. The summed E-state index contributed by atoms with van der Waals surface area (Å²) in [6.07, 6.45) is -4.90. The van der Waals surface area contributed by atoms with Crippen LogP contribution in [0.15, 0.2) is 22.7 Å². The second kappa shape index (κ2) is 4.40. The zero-order chi connectivity index (χ0) is 11.6. The number of alkyl halides is 3. The van der Waals surface area contributed by atoms with E-state index in [4.69, 9.17) is 11.6 Å². The maximum Gasteiger partial charge on any atom is 0.471 e. The van der Waals surface area contributed by atoms with Gasteiger partial charge in [-0.05, 0) is 34.1 Å². The molecule has 1 rings (SSSR count). The van der Waals surface area contributed by atoms with Gasteiger partial charge in [-0.1, -0.05) is 11.6 Å². The summed E-state index contributed by atoms with van der Waals surface area (Å²) in [5, 5.41) is 2.04. The highest BCUT2D eigenvalue weighted by atomic mass is 79.9. The van der Waals surface area contributed by atoms with E-state index in [2.05, 4.69) is 15.9 Å². The monoisotopic (exact) mass is 301 g/mol. The smallest absolute Gasteiger partial charge is 0.318 e. The van der Waals surface area contributed by atoms with Crippen molar-refractivity contribution in [1.82, 2.24) is 0 Å². The van der Waals surface area contributed by atoms with Gasteiger partial charge in [-0.15, -0.1) is 0 Å². The van der Waals surface area contributed by atoms with Crippen LogP contribution in [0.2, 0.25) is 5.02 Å². The fourth-order valence-corrected chi connectivity index (χ4v) is 1.27. The van der Waals surface area contributed by atoms with Crippen LogP contribution in [0.5, 0.6) is 0 Å². The third-order valence-corrected chi connectivity index (χ3v) is 2.65. The molecular weight excluding hydrogens is 298 g/mol. The Bertz CT molecular complexity index is 394. The maximum absolute atomic E-state index is 11.9. The summed E-state index contributed by atoms with van der Waals surface area (Å²) in [4.78, 5) is 10.5. The summed E-state index contributed by atoms with van der Waals surface area (Å²) in [5.41, 5.74) is 0.0219. The number of hydrogen-bond donors (Lipinski definition) is 1. The van der Waals surface area contributed by atoms with Crippen LogP contribution in [0.3, 0.4) is 0 Å². The molecule has 1 amide bonds. The lowest BCUT2D eigenvalue weighted by Gasteiger charge is -2.08. The third kappa shape index (κ3) is 3.39. The van der Waals surface area contributed by atoms with Crippen LogP contribution in [0.4, 0.5) is 18.9 Å². The number of halogens is 5. The standard InChI is InChI=1S/C8H4BrClF3NO/c9-5-3-4(1-2-6(5)10)14-7(15)8(11,12)13/h1-3H,(H,14,15). The van der Waals surface area contributed by atoms with Crippen molar-refractivity contribution in [3.8, 4) is 0 Å². The van der Waals surface area contributed by atoms with Crippen molar-refractivity contribution < 1.29 is 18.0 Å². The Hall–Kier alpha value is -0.750. The average Bonchev–Trinajstić information content (AvgIpc) is 2.10. The molecule has 0 unspecified atom stereocenters. The number of rotatable bonds is 1. The van der Waals surface area contributed by atoms with Gasteiger partial charge < -0.3 is 5.32 Å².